The van der Waals surface area contributed by atoms with Crippen LogP contribution in [0.5, 0.6) is 5.75 Å². The van der Waals surface area contributed by atoms with E-state index < -0.39 is 23.7 Å². The van der Waals surface area contributed by atoms with E-state index in [-0.39, 0.29) is 12.4 Å². The van der Waals surface area contributed by atoms with Gasteiger partial charge in [0.05, 0.1) is 5.88 Å². The first kappa shape index (κ1) is 15.1. The number of thioether (sulfide) groups is 1. The molecule has 5 nitrogen and oxygen atoms in total. The van der Waals surface area contributed by atoms with E-state index in [0.717, 1.165) is 0 Å². The molecule has 1 aliphatic rings. The van der Waals surface area contributed by atoms with Crippen molar-refractivity contribution in [3.63, 3.8) is 0 Å². The van der Waals surface area contributed by atoms with Gasteiger partial charge in [0.2, 0.25) is 0 Å². The van der Waals surface area contributed by atoms with Gasteiger partial charge in [-0.15, -0.1) is 11.8 Å². The molecular weight excluding hydrogens is 353 g/mol. The van der Waals surface area contributed by atoms with Crippen molar-refractivity contribution < 1.29 is 23.8 Å². The standard InChI is InChI=1S/C12H11BrFNO4S/c13-7-1-2-10(8(14)3-7)19-4-11(16)15-6-20-5-9(15)12(17)18/h1-3,9H,4-6H2,(H,17,18). The molecule has 1 atom stereocenters. The average Bonchev–Trinajstić information content (AvgIpc) is 2.86. The van der Waals surface area contributed by atoms with E-state index >= 15 is 0 Å². The van der Waals surface area contributed by atoms with Crippen molar-refractivity contribution in [2.24, 2.45) is 0 Å². The van der Waals surface area contributed by atoms with E-state index in [1.807, 2.05) is 0 Å². The first-order chi connectivity index (χ1) is 9.49. The Morgan fingerprint density at radius 1 is 1.55 bits per heavy atom. The Morgan fingerprint density at radius 3 is 2.95 bits per heavy atom. The Kier molecular flexibility index (Phi) is 4.87. The Labute approximate surface area is 127 Å². The minimum atomic E-state index is -1.04. The lowest BCUT2D eigenvalue weighted by Crippen LogP contribution is -2.43. The van der Waals surface area contributed by atoms with Crippen molar-refractivity contribution in [1.82, 2.24) is 4.90 Å². The molecule has 0 saturated carbocycles. The molecule has 20 heavy (non-hydrogen) atoms. The summed E-state index contributed by atoms with van der Waals surface area (Å²) in [5.41, 5.74) is 0. The molecule has 1 aromatic carbocycles. The zero-order chi connectivity index (χ0) is 14.7. The number of carbonyl (C=O) groups excluding carboxylic acids is 1. The normalized spacial score (nSPS) is 18.1. The predicted molar refractivity (Wildman–Crippen MR) is 75.2 cm³/mol. The number of carboxylic acid groups (broad SMARTS) is 1. The van der Waals surface area contributed by atoms with Crippen molar-refractivity contribution in [2.45, 2.75) is 6.04 Å². The molecular formula is C12H11BrFNO4S. The molecule has 0 spiro atoms. The number of hydrogen-bond donors (Lipinski definition) is 1. The maximum Gasteiger partial charge on any atom is 0.327 e. The van der Waals surface area contributed by atoms with Crippen molar-refractivity contribution in [1.29, 1.82) is 0 Å². The van der Waals surface area contributed by atoms with Crippen LogP contribution in [0.4, 0.5) is 4.39 Å². The largest absolute Gasteiger partial charge is 0.481 e. The monoisotopic (exact) mass is 363 g/mol. The van der Waals surface area contributed by atoms with E-state index in [2.05, 4.69) is 15.9 Å². The first-order valence-electron chi connectivity index (χ1n) is 5.67. The van der Waals surface area contributed by atoms with Gasteiger partial charge in [-0.3, -0.25) is 4.79 Å². The first-order valence-corrected chi connectivity index (χ1v) is 7.61. The van der Waals surface area contributed by atoms with Crippen molar-refractivity contribution in [3.8, 4) is 5.75 Å². The molecule has 0 aromatic heterocycles. The molecule has 1 heterocycles. The van der Waals surface area contributed by atoms with E-state index in [1.54, 1.807) is 6.07 Å². The molecule has 8 heteroatoms. The third kappa shape index (κ3) is 3.43. The quantitative estimate of drug-likeness (QED) is 0.885. The summed E-state index contributed by atoms with van der Waals surface area (Å²) in [5, 5.41) is 8.98. The van der Waals surface area contributed by atoms with Gasteiger partial charge in [-0.2, -0.15) is 0 Å². The minimum absolute atomic E-state index is 0.0414. The van der Waals surface area contributed by atoms with E-state index in [0.29, 0.717) is 16.1 Å². The molecule has 1 unspecified atom stereocenters. The van der Waals surface area contributed by atoms with Crippen LogP contribution in [-0.4, -0.2) is 46.2 Å². The van der Waals surface area contributed by atoms with E-state index in [9.17, 15) is 14.0 Å². The molecule has 1 saturated heterocycles. The van der Waals surface area contributed by atoms with Crippen LogP contribution in [0.2, 0.25) is 0 Å². The van der Waals surface area contributed by atoms with Crippen LogP contribution in [0.25, 0.3) is 0 Å². The number of halogens is 2. The Bertz CT molecular complexity index is 542. The predicted octanol–water partition coefficient (Wildman–Crippen LogP) is 1.95. The maximum atomic E-state index is 13.5. The Hall–Kier alpha value is -1.28. The zero-order valence-corrected chi connectivity index (χ0v) is 12.6. The zero-order valence-electron chi connectivity index (χ0n) is 10.2. The summed E-state index contributed by atoms with van der Waals surface area (Å²) in [6.07, 6.45) is 0. The summed E-state index contributed by atoms with van der Waals surface area (Å²) in [7, 11) is 0. The minimum Gasteiger partial charge on any atom is -0.481 e. The SMILES string of the molecule is O=C(O)C1CSCN1C(=O)COc1ccc(Br)cc1F. The number of hydrogen-bond acceptors (Lipinski definition) is 4. The fourth-order valence-corrected chi connectivity index (χ4v) is 3.21. The second kappa shape index (κ2) is 6.45. The lowest BCUT2D eigenvalue weighted by atomic mass is 10.3. The van der Waals surface area contributed by atoms with Crippen molar-refractivity contribution in [2.75, 3.05) is 18.2 Å². The molecule has 0 radical (unpaired) electrons. The average molecular weight is 364 g/mol. The number of rotatable bonds is 4. The molecule has 2 rings (SSSR count). The number of benzene rings is 1. The third-order valence-corrected chi connectivity index (χ3v) is 4.24. The van der Waals surface area contributed by atoms with Gasteiger partial charge >= 0.3 is 5.97 Å². The maximum absolute atomic E-state index is 13.5. The highest BCUT2D eigenvalue weighted by molar-refractivity contribution is 9.10. The number of carboxylic acids is 1. The lowest BCUT2D eigenvalue weighted by Gasteiger charge is -2.20. The molecule has 1 N–H and O–H groups in total. The highest BCUT2D eigenvalue weighted by Crippen LogP contribution is 2.23. The molecule has 1 amide bonds. The van der Waals surface area contributed by atoms with E-state index in [4.69, 9.17) is 9.84 Å². The number of carbonyl (C=O) groups is 2. The van der Waals surface area contributed by atoms with Crippen LogP contribution in [0.1, 0.15) is 0 Å². The Balaban J connectivity index is 1.96. The van der Waals surface area contributed by atoms with Crippen LogP contribution >= 0.6 is 27.7 Å². The fourth-order valence-electron chi connectivity index (χ4n) is 1.71. The molecule has 0 bridgehead atoms. The van der Waals surface area contributed by atoms with E-state index in [1.165, 1.54) is 28.8 Å². The number of ether oxygens (including phenoxy) is 1. The second-order valence-corrected chi connectivity index (χ2v) is 6.00. The van der Waals surface area contributed by atoms with Crippen LogP contribution in [0.15, 0.2) is 22.7 Å². The van der Waals surface area contributed by atoms with Crippen LogP contribution in [0.3, 0.4) is 0 Å². The van der Waals surface area contributed by atoms with Gasteiger partial charge in [-0.05, 0) is 18.2 Å². The van der Waals surface area contributed by atoms with Gasteiger partial charge in [-0.1, -0.05) is 15.9 Å². The molecule has 1 aromatic rings. The van der Waals surface area contributed by atoms with Gasteiger partial charge in [0.1, 0.15) is 6.04 Å². The summed E-state index contributed by atoms with van der Waals surface area (Å²) < 4.78 is 19.2. The summed E-state index contributed by atoms with van der Waals surface area (Å²) in [6, 6.07) is 3.38. The highest BCUT2D eigenvalue weighted by atomic mass is 79.9. The summed E-state index contributed by atoms with van der Waals surface area (Å²) in [4.78, 5) is 24.1. The van der Waals surface area contributed by atoms with Gasteiger partial charge < -0.3 is 14.7 Å². The molecule has 0 aliphatic carbocycles. The highest BCUT2D eigenvalue weighted by Gasteiger charge is 2.34. The van der Waals surface area contributed by atoms with Gasteiger partial charge in [0.15, 0.2) is 18.2 Å². The Morgan fingerprint density at radius 2 is 2.30 bits per heavy atom. The smallest absolute Gasteiger partial charge is 0.327 e. The van der Waals surface area contributed by atoms with Gasteiger partial charge in [-0.25, -0.2) is 9.18 Å². The summed E-state index contributed by atoms with van der Waals surface area (Å²) in [5.74, 6) is -1.48. The molecule has 1 fully saturated rings. The number of nitrogens with zero attached hydrogens (tertiary/aromatic N) is 1. The van der Waals surface area contributed by atoms with Crippen molar-refractivity contribution in [3.05, 3.63) is 28.5 Å². The fraction of sp³-hybridized carbons (Fsp3) is 0.333. The van der Waals surface area contributed by atoms with Crippen LogP contribution in [0, 0.1) is 5.82 Å². The molecule has 108 valence electrons. The van der Waals surface area contributed by atoms with Crippen LogP contribution in [-0.2, 0) is 9.59 Å². The number of amides is 1. The molecule has 1 aliphatic heterocycles. The van der Waals surface area contributed by atoms with Crippen molar-refractivity contribution >= 4 is 39.6 Å². The van der Waals surface area contributed by atoms with Gasteiger partial charge in [0.25, 0.3) is 5.91 Å². The summed E-state index contributed by atoms with van der Waals surface area (Å²) in [6.45, 7) is -0.386. The second-order valence-electron chi connectivity index (χ2n) is 4.08. The lowest BCUT2D eigenvalue weighted by molar-refractivity contribution is -0.148. The third-order valence-electron chi connectivity index (χ3n) is 2.73. The van der Waals surface area contributed by atoms with Gasteiger partial charge in [0, 0.05) is 10.2 Å². The summed E-state index contributed by atoms with van der Waals surface area (Å²) >= 11 is 4.48. The van der Waals surface area contributed by atoms with Crippen LogP contribution < -0.4 is 4.74 Å². The topological polar surface area (TPSA) is 66.8 Å². The number of aliphatic carboxylic acids is 1.